The van der Waals surface area contributed by atoms with Crippen molar-refractivity contribution in [3.8, 4) is 0 Å². The third-order valence-electron chi connectivity index (χ3n) is 2.53. The van der Waals surface area contributed by atoms with E-state index in [9.17, 15) is 0 Å². The van der Waals surface area contributed by atoms with Crippen molar-refractivity contribution in [3.05, 3.63) is 23.8 Å². The molecule has 3 heteroatoms. The predicted octanol–water partition coefficient (Wildman–Crippen LogP) is 2.08. The molecule has 4 N–H and O–H groups in total. The Labute approximate surface area is 91.1 Å². The first-order valence-corrected chi connectivity index (χ1v) is 5.39. The number of rotatable bonds is 4. The molecule has 0 aromatic heterocycles. The summed E-state index contributed by atoms with van der Waals surface area (Å²) in [5.41, 5.74) is 13.3. The molecule has 1 unspecified atom stereocenters. The van der Waals surface area contributed by atoms with E-state index >= 15 is 0 Å². The first-order valence-electron chi connectivity index (χ1n) is 4.94. The third kappa shape index (κ3) is 2.93. The van der Waals surface area contributed by atoms with E-state index in [0.717, 1.165) is 30.0 Å². The lowest BCUT2D eigenvalue weighted by Crippen LogP contribution is -2.15. The summed E-state index contributed by atoms with van der Waals surface area (Å²) in [5, 5.41) is 0. The molecule has 14 heavy (non-hydrogen) atoms. The first-order chi connectivity index (χ1) is 6.67. The van der Waals surface area contributed by atoms with Crippen LogP contribution in [0.2, 0.25) is 0 Å². The van der Waals surface area contributed by atoms with Crippen molar-refractivity contribution in [2.45, 2.75) is 24.7 Å². The lowest BCUT2D eigenvalue weighted by atomic mass is 9.97. The number of thiol groups is 1. The van der Waals surface area contributed by atoms with Crippen LogP contribution in [0.15, 0.2) is 23.1 Å². The molecule has 0 aliphatic heterocycles. The number of nitrogens with two attached hydrogens (primary N) is 2. The minimum absolute atomic E-state index is 0.561. The molecule has 1 aromatic rings. The van der Waals surface area contributed by atoms with Gasteiger partial charge in [-0.1, -0.05) is 19.4 Å². The molecule has 1 rings (SSSR count). The van der Waals surface area contributed by atoms with Gasteiger partial charge >= 0.3 is 0 Å². The summed E-state index contributed by atoms with van der Waals surface area (Å²) >= 11 is 4.29. The molecule has 1 aromatic carbocycles. The summed E-state index contributed by atoms with van der Waals surface area (Å²) in [6.07, 6.45) is 2.13. The summed E-state index contributed by atoms with van der Waals surface area (Å²) in [4.78, 5) is 0.856. The second kappa shape index (κ2) is 5.27. The summed E-state index contributed by atoms with van der Waals surface area (Å²) < 4.78 is 0. The van der Waals surface area contributed by atoms with Gasteiger partial charge in [-0.2, -0.15) is 0 Å². The Morgan fingerprint density at radius 2 is 2.14 bits per heavy atom. The lowest BCUT2D eigenvalue weighted by Gasteiger charge is -2.12. The Balaban J connectivity index is 2.72. The molecule has 0 fully saturated rings. The number of nitrogen functional groups attached to an aromatic ring is 1. The quantitative estimate of drug-likeness (QED) is 0.526. The molecule has 0 spiro atoms. The largest absolute Gasteiger partial charge is 0.398 e. The van der Waals surface area contributed by atoms with Crippen LogP contribution in [0.4, 0.5) is 5.69 Å². The highest BCUT2D eigenvalue weighted by atomic mass is 32.1. The number of hydrogen-bond donors (Lipinski definition) is 3. The Hall–Kier alpha value is -0.670. The van der Waals surface area contributed by atoms with Gasteiger partial charge in [0.2, 0.25) is 0 Å². The number of hydrogen-bond acceptors (Lipinski definition) is 3. The fourth-order valence-electron chi connectivity index (χ4n) is 1.44. The van der Waals surface area contributed by atoms with Gasteiger partial charge in [0.25, 0.3) is 0 Å². The SMILES string of the molecule is CCC(CN)Cc1ccc(N)c(S)c1. The normalized spacial score (nSPS) is 12.8. The van der Waals surface area contributed by atoms with Crippen molar-refractivity contribution in [1.82, 2.24) is 0 Å². The maximum atomic E-state index is 5.68. The van der Waals surface area contributed by atoms with Crippen molar-refractivity contribution in [3.63, 3.8) is 0 Å². The molecule has 0 aliphatic carbocycles. The highest BCUT2D eigenvalue weighted by molar-refractivity contribution is 7.80. The van der Waals surface area contributed by atoms with E-state index in [-0.39, 0.29) is 0 Å². The summed E-state index contributed by atoms with van der Waals surface area (Å²) in [6.45, 7) is 2.90. The summed E-state index contributed by atoms with van der Waals surface area (Å²) in [6, 6.07) is 5.98. The van der Waals surface area contributed by atoms with Gasteiger partial charge in [-0.05, 0) is 36.6 Å². The highest BCUT2D eigenvalue weighted by Gasteiger charge is 2.05. The van der Waals surface area contributed by atoms with Crippen LogP contribution in [0.3, 0.4) is 0 Å². The zero-order valence-corrected chi connectivity index (χ0v) is 9.43. The highest BCUT2D eigenvalue weighted by Crippen LogP contribution is 2.20. The summed E-state index contributed by atoms with van der Waals surface area (Å²) in [5.74, 6) is 0.561. The van der Waals surface area contributed by atoms with E-state index in [0.29, 0.717) is 5.92 Å². The monoisotopic (exact) mass is 210 g/mol. The van der Waals surface area contributed by atoms with E-state index in [2.05, 4.69) is 19.6 Å². The second-order valence-corrected chi connectivity index (χ2v) is 4.09. The van der Waals surface area contributed by atoms with Gasteiger partial charge in [0.05, 0.1) is 0 Å². The van der Waals surface area contributed by atoms with Gasteiger partial charge in [0.15, 0.2) is 0 Å². The minimum atomic E-state index is 0.561. The zero-order chi connectivity index (χ0) is 10.6. The number of benzene rings is 1. The second-order valence-electron chi connectivity index (χ2n) is 3.61. The molecule has 2 nitrogen and oxygen atoms in total. The minimum Gasteiger partial charge on any atom is -0.398 e. The van der Waals surface area contributed by atoms with Gasteiger partial charge in [-0.25, -0.2) is 0 Å². The van der Waals surface area contributed by atoms with Crippen molar-refractivity contribution >= 4 is 18.3 Å². The molecule has 0 amide bonds. The van der Waals surface area contributed by atoms with E-state index < -0.39 is 0 Å². The Bertz CT molecular complexity index is 295. The van der Waals surface area contributed by atoms with Crippen molar-refractivity contribution in [2.75, 3.05) is 12.3 Å². The Kier molecular flexibility index (Phi) is 4.29. The third-order valence-corrected chi connectivity index (χ3v) is 2.92. The van der Waals surface area contributed by atoms with Crippen LogP contribution < -0.4 is 11.5 Å². The van der Waals surface area contributed by atoms with Crippen LogP contribution in [0.25, 0.3) is 0 Å². The van der Waals surface area contributed by atoms with Gasteiger partial charge in [0.1, 0.15) is 0 Å². The standard InChI is InChI=1S/C11H18N2S/c1-2-8(7-12)5-9-3-4-10(13)11(14)6-9/h3-4,6,8,14H,2,5,7,12-13H2,1H3. The van der Waals surface area contributed by atoms with E-state index in [1.807, 2.05) is 18.2 Å². The van der Waals surface area contributed by atoms with E-state index in [1.165, 1.54) is 5.56 Å². The van der Waals surface area contributed by atoms with Gasteiger partial charge in [0, 0.05) is 10.6 Å². The molecule has 0 bridgehead atoms. The maximum Gasteiger partial charge on any atom is 0.0449 e. The fourth-order valence-corrected chi connectivity index (χ4v) is 1.68. The topological polar surface area (TPSA) is 52.0 Å². The van der Waals surface area contributed by atoms with Crippen molar-refractivity contribution in [1.29, 1.82) is 0 Å². The van der Waals surface area contributed by atoms with Crippen molar-refractivity contribution in [2.24, 2.45) is 11.7 Å². The molecular formula is C11H18N2S. The maximum absolute atomic E-state index is 5.68. The van der Waals surface area contributed by atoms with Crippen molar-refractivity contribution < 1.29 is 0 Å². The average molecular weight is 210 g/mol. The molecular weight excluding hydrogens is 192 g/mol. The van der Waals surface area contributed by atoms with Gasteiger partial charge < -0.3 is 11.5 Å². The molecule has 78 valence electrons. The molecule has 0 radical (unpaired) electrons. The fraction of sp³-hybridized carbons (Fsp3) is 0.455. The van der Waals surface area contributed by atoms with E-state index in [1.54, 1.807) is 0 Å². The first kappa shape index (κ1) is 11.4. The van der Waals surface area contributed by atoms with Crippen LogP contribution in [-0.4, -0.2) is 6.54 Å². The van der Waals surface area contributed by atoms with Gasteiger partial charge in [-0.3, -0.25) is 0 Å². The molecule has 0 aliphatic rings. The predicted molar refractivity (Wildman–Crippen MR) is 64.6 cm³/mol. The lowest BCUT2D eigenvalue weighted by molar-refractivity contribution is 0.518. The Morgan fingerprint density at radius 1 is 1.43 bits per heavy atom. The molecule has 0 saturated carbocycles. The average Bonchev–Trinajstić information content (AvgIpc) is 2.19. The Morgan fingerprint density at radius 3 is 2.64 bits per heavy atom. The van der Waals surface area contributed by atoms with E-state index in [4.69, 9.17) is 11.5 Å². The van der Waals surface area contributed by atoms with Crippen LogP contribution >= 0.6 is 12.6 Å². The summed E-state index contributed by atoms with van der Waals surface area (Å²) in [7, 11) is 0. The smallest absolute Gasteiger partial charge is 0.0449 e. The van der Waals surface area contributed by atoms with Crippen LogP contribution in [0.5, 0.6) is 0 Å². The zero-order valence-electron chi connectivity index (χ0n) is 8.53. The number of anilines is 1. The molecule has 0 heterocycles. The molecule has 1 atom stereocenters. The van der Waals surface area contributed by atoms with Gasteiger partial charge in [-0.15, -0.1) is 12.6 Å². The van der Waals surface area contributed by atoms with Crippen LogP contribution in [-0.2, 0) is 6.42 Å². The molecule has 0 saturated heterocycles. The van der Waals surface area contributed by atoms with Crippen LogP contribution in [0, 0.1) is 5.92 Å². The van der Waals surface area contributed by atoms with Crippen LogP contribution in [0.1, 0.15) is 18.9 Å².